The lowest BCUT2D eigenvalue weighted by Crippen LogP contribution is -2.30. The molecule has 2 aromatic heterocycles. The Labute approximate surface area is 296 Å². The summed E-state index contributed by atoms with van der Waals surface area (Å²) >= 11 is 4.12. The lowest BCUT2D eigenvalue weighted by molar-refractivity contribution is -0.116. The molecule has 0 radical (unpaired) electrons. The Hall–Kier alpha value is -5.73. The zero-order valence-corrected chi connectivity index (χ0v) is 28.3. The number of nitriles is 1. The second kappa shape index (κ2) is 15.9. The molecule has 0 fully saturated rings. The van der Waals surface area contributed by atoms with Crippen molar-refractivity contribution in [2.45, 2.75) is 10.1 Å². The summed E-state index contributed by atoms with van der Waals surface area (Å²) in [7, 11) is 0. The first kappa shape index (κ1) is 33.2. The maximum atomic E-state index is 13.9. The van der Waals surface area contributed by atoms with Crippen molar-refractivity contribution in [3.05, 3.63) is 165 Å². The fourth-order valence-corrected chi connectivity index (χ4v) is 7.54. The predicted octanol–water partition coefficient (Wildman–Crippen LogP) is 9.23. The van der Waals surface area contributed by atoms with Crippen LogP contribution in [0.3, 0.4) is 0 Å². The average molecular weight is 697 g/mol. The minimum absolute atomic E-state index is 0.0889. The van der Waals surface area contributed by atoms with E-state index in [-0.39, 0.29) is 11.6 Å². The number of hydrogen-bond acceptors (Lipinski definition) is 7. The number of benzene rings is 4. The highest BCUT2D eigenvalue weighted by Crippen LogP contribution is 2.40. The fourth-order valence-electron chi connectivity index (χ4n) is 4.92. The van der Waals surface area contributed by atoms with Crippen LogP contribution in [0.1, 0.15) is 32.3 Å². The molecule has 0 aliphatic heterocycles. The molecule has 0 saturated heterocycles. The lowest BCUT2D eigenvalue weighted by atomic mass is 10.1. The van der Waals surface area contributed by atoms with Crippen molar-refractivity contribution in [3.63, 3.8) is 0 Å². The highest BCUT2D eigenvalue weighted by atomic mass is 32.2. The van der Waals surface area contributed by atoms with E-state index in [9.17, 15) is 19.6 Å². The van der Waals surface area contributed by atoms with Gasteiger partial charge in [-0.1, -0.05) is 84.9 Å². The summed E-state index contributed by atoms with van der Waals surface area (Å²) in [5.74, 6) is -1.18. The van der Waals surface area contributed by atoms with E-state index in [2.05, 4.69) is 22.0 Å². The van der Waals surface area contributed by atoms with Crippen molar-refractivity contribution in [2.24, 2.45) is 0 Å². The first-order valence-corrected chi connectivity index (χ1v) is 17.8. The van der Waals surface area contributed by atoms with Gasteiger partial charge in [-0.15, -0.1) is 23.1 Å². The molecule has 0 spiro atoms. The molecule has 0 aliphatic rings. The summed E-state index contributed by atoms with van der Waals surface area (Å²) < 4.78 is 0. The van der Waals surface area contributed by atoms with Crippen molar-refractivity contribution < 1.29 is 14.4 Å². The summed E-state index contributed by atoms with van der Waals surface area (Å²) in [6, 6.07) is 39.0. The summed E-state index contributed by atoms with van der Waals surface area (Å²) in [6.45, 7) is 0. The van der Waals surface area contributed by atoms with E-state index in [4.69, 9.17) is 0 Å². The number of thioether (sulfide) groups is 1. The van der Waals surface area contributed by atoms with Crippen LogP contribution in [0, 0.1) is 11.3 Å². The Balaban J connectivity index is 1.22. The smallest absolute Gasteiger partial charge is 0.272 e. The van der Waals surface area contributed by atoms with E-state index < -0.39 is 17.1 Å². The third kappa shape index (κ3) is 8.41. The standard InChI is InChI=1S/C39H28N4O3S3/c40-23-32-33(27-11-4-1-5-12-27)25-48-39(32)43-38(46)35(28-13-6-2-7-14-28)49-31-18-10-17-30(22-31)41-37(45)34(21-26-19-20-47-24-26)42-36(44)29-15-8-3-9-16-29/h1-22,24-25,35H,(H,41,45)(H,42,44)(H,43,46)/b34-21-. The van der Waals surface area contributed by atoms with Crippen LogP contribution in [0.4, 0.5) is 10.7 Å². The molecular formula is C39H28N4O3S3. The number of thiophene rings is 2. The van der Waals surface area contributed by atoms with Gasteiger partial charge in [-0.05, 0) is 69.9 Å². The second-order valence-corrected chi connectivity index (χ2v) is 13.5. The number of nitrogens with zero attached hydrogens (tertiary/aromatic N) is 1. The summed E-state index contributed by atoms with van der Waals surface area (Å²) in [6.07, 6.45) is 1.63. The molecule has 2 heterocycles. The van der Waals surface area contributed by atoms with E-state index in [0.717, 1.165) is 27.1 Å². The molecule has 10 heteroatoms. The maximum absolute atomic E-state index is 13.9. The van der Waals surface area contributed by atoms with Gasteiger partial charge in [0.25, 0.3) is 11.8 Å². The van der Waals surface area contributed by atoms with Gasteiger partial charge in [0.15, 0.2) is 0 Å². The highest BCUT2D eigenvalue weighted by molar-refractivity contribution is 8.00. The Morgan fingerprint density at radius 3 is 2.20 bits per heavy atom. The normalized spacial score (nSPS) is 11.6. The van der Waals surface area contributed by atoms with E-state index in [0.29, 0.717) is 21.8 Å². The van der Waals surface area contributed by atoms with Crippen molar-refractivity contribution in [1.82, 2.24) is 5.32 Å². The van der Waals surface area contributed by atoms with Crippen LogP contribution in [-0.4, -0.2) is 17.7 Å². The van der Waals surface area contributed by atoms with E-state index >= 15 is 0 Å². The van der Waals surface area contributed by atoms with Crippen LogP contribution in [0.2, 0.25) is 0 Å². The van der Waals surface area contributed by atoms with Gasteiger partial charge in [0.2, 0.25) is 5.91 Å². The molecule has 7 nitrogen and oxygen atoms in total. The van der Waals surface area contributed by atoms with Gasteiger partial charge >= 0.3 is 0 Å². The molecule has 1 unspecified atom stereocenters. The largest absolute Gasteiger partial charge is 0.321 e. The van der Waals surface area contributed by atoms with Crippen molar-refractivity contribution in [2.75, 3.05) is 10.6 Å². The highest BCUT2D eigenvalue weighted by Gasteiger charge is 2.25. The minimum atomic E-state index is -0.667. The number of nitrogens with one attached hydrogen (secondary N) is 3. The van der Waals surface area contributed by atoms with Crippen LogP contribution >= 0.6 is 34.4 Å². The van der Waals surface area contributed by atoms with Crippen LogP contribution in [0.5, 0.6) is 0 Å². The van der Waals surface area contributed by atoms with Crippen molar-refractivity contribution in [3.8, 4) is 17.2 Å². The molecule has 49 heavy (non-hydrogen) atoms. The molecule has 0 saturated carbocycles. The van der Waals surface area contributed by atoms with Gasteiger partial charge in [-0.2, -0.15) is 16.6 Å². The van der Waals surface area contributed by atoms with Crippen molar-refractivity contribution >= 4 is 68.9 Å². The number of rotatable bonds is 11. The van der Waals surface area contributed by atoms with Crippen LogP contribution in [0.25, 0.3) is 17.2 Å². The van der Waals surface area contributed by atoms with Gasteiger partial charge in [-0.3, -0.25) is 14.4 Å². The fraction of sp³-hybridized carbons (Fsp3) is 0.0256. The maximum Gasteiger partial charge on any atom is 0.272 e. The Bertz CT molecular complexity index is 2140. The van der Waals surface area contributed by atoms with Gasteiger partial charge in [-0.25, -0.2) is 0 Å². The van der Waals surface area contributed by atoms with E-state index in [1.54, 1.807) is 48.5 Å². The molecule has 240 valence electrons. The molecule has 6 aromatic rings. The molecule has 4 aromatic carbocycles. The predicted molar refractivity (Wildman–Crippen MR) is 199 cm³/mol. The molecule has 6 rings (SSSR count). The first-order valence-electron chi connectivity index (χ1n) is 15.1. The molecular weight excluding hydrogens is 669 g/mol. The minimum Gasteiger partial charge on any atom is -0.321 e. The van der Waals surface area contributed by atoms with Gasteiger partial charge in [0.05, 0.1) is 5.56 Å². The monoisotopic (exact) mass is 696 g/mol. The first-order chi connectivity index (χ1) is 24.0. The number of hydrogen-bond donors (Lipinski definition) is 3. The van der Waals surface area contributed by atoms with Crippen LogP contribution in [-0.2, 0) is 9.59 Å². The Morgan fingerprint density at radius 2 is 1.51 bits per heavy atom. The quantitative estimate of drug-likeness (QED) is 0.0924. The topological polar surface area (TPSA) is 111 Å². The Morgan fingerprint density at radius 1 is 0.796 bits per heavy atom. The zero-order chi connectivity index (χ0) is 34.0. The SMILES string of the molecule is N#Cc1c(-c2ccccc2)csc1NC(=O)C(Sc1cccc(NC(=O)/C(=C/c2ccsc2)NC(=O)c2ccccc2)c1)c1ccccc1. The van der Waals surface area contributed by atoms with Crippen LogP contribution < -0.4 is 16.0 Å². The third-order valence-electron chi connectivity index (χ3n) is 7.29. The molecule has 0 aliphatic carbocycles. The number of carbonyl (C=O) groups excluding carboxylic acids is 3. The third-order valence-corrected chi connectivity index (χ3v) is 10.1. The van der Waals surface area contributed by atoms with Gasteiger partial charge in [0.1, 0.15) is 22.0 Å². The summed E-state index contributed by atoms with van der Waals surface area (Å²) in [5.41, 5.74) is 4.65. The molecule has 0 bridgehead atoms. The second-order valence-electron chi connectivity index (χ2n) is 10.6. The van der Waals surface area contributed by atoms with E-state index in [1.807, 2.05) is 95.0 Å². The molecule has 1 atom stereocenters. The lowest BCUT2D eigenvalue weighted by Gasteiger charge is -2.17. The Kier molecular flexibility index (Phi) is 10.8. The summed E-state index contributed by atoms with van der Waals surface area (Å²) in [4.78, 5) is 41.2. The molecule has 3 N–H and O–H groups in total. The molecule has 3 amide bonds. The zero-order valence-electron chi connectivity index (χ0n) is 25.8. The number of carbonyl (C=O) groups is 3. The van der Waals surface area contributed by atoms with Crippen LogP contribution in [0.15, 0.2) is 148 Å². The number of anilines is 2. The van der Waals surface area contributed by atoms with Crippen molar-refractivity contribution in [1.29, 1.82) is 5.26 Å². The van der Waals surface area contributed by atoms with Gasteiger partial charge < -0.3 is 16.0 Å². The van der Waals surface area contributed by atoms with E-state index in [1.165, 1.54) is 34.4 Å². The summed E-state index contributed by atoms with van der Waals surface area (Å²) in [5, 5.41) is 24.1. The average Bonchev–Trinajstić information content (AvgIpc) is 3.81. The number of amides is 3. The van der Waals surface area contributed by atoms with Gasteiger partial charge in [0, 0.05) is 27.1 Å².